The average Bonchev–Trinajstić information content (AvgIpc) is 3.37. The lowest BCUT2D eigenvalue weighted by Gasteiger charge is -2.13. The van der Waals surface area contributed by atoms with Gasteiger partial charge in [-0.25, -0.2) is 0 Å². The normalized spacial score (nSPS) is 16.8. The van der Waals surface area contributed by atoms with E-state index in [0.29, 0.717) is 35.7 Å². The highest BCUT2D eigenvalue weighted by atomic mass is 16.7. The molecule has 0 spiro atoms. The standard InChI is InChI=1S/C22H22N2O4/c25-21(12-15-5-1-2-6-15)24-18-8-4-3-7-17(18)22(26)23-13-16-9-10-19-20(11-16)28-14-27-19/h1,3-5,7-11,15H,2,6,12-14H2,(H,23,26)(H,24,25). The molecule has 6 heteroatoms. The molecule has 2 aromatic rings. The smallest absolute Gasteiger partial charge is 0.253 e. The molecular weight excluding hydrogens is 356 g/mol. The van der Waals surface area contributed by atoms with Crippen LogP contribution in [0.25, 0.3) is 0 Å². The summed E-state index contributed by atoms with van der Waals surface area (Å²) in [6, 6.07) is 12.6. The van der Waals surface area contributed by atoms with Crippen LogP contribution in [0.1, 0.15) is 35.2 Å². The zero-order chi connectivity index (χ0) is 19.3. The van der Waals surface area contributed by atoms with Crippen molar-refractivity contribution < 1.29 is 19.1 Å². The number of allylic oxidation sites excluding steroid dienone is 2. The van der Waals surface area contributed by atoms with E-state index in [1.807, 2.05) is 18.2 Å². The van der Waals surface area contributed by atoms with E-state index in [9.17, 15) is 9.59 Å². The minimum absolute atomic E-state index is 0.0763. The van der Waals surface area contributed by atoms with E-state index in [2.05, 4.69) is 22.8 Å². The van der Waals surface area contributed by atoms with Gasteiger partial charge in [-0.3, -0.25) is 9.59 Å². The fourth-order valence-corrected chi connectivity index (χ4v) is 3.42. The van der Waals surface area contributed by atoms with Gasteiger partial charge >= 0.3 is 0 Å². The Hall–Kier alpha value is -3.28. The number of nitrogens with one attached hydrogen (secondary N) is 2. The van der Waals surface area contributed by atoms with E-state index < -0.39 is 0 Å². The van der Waals surface area contributed by atoms with Crippen LogP contribution in [0.3, 0.4) is 0 Å². The van der Waals surface area contributed by atoms with Crippen molar-refractivity contribution >= 4 is 17.5 Å². The zero-order valence-electron chi connectivity index (χ0n) is 15.4. The molecule has 0 saturated carbocycles. The summed E-state index contributed by atoms with van der Waals surface area (Å²) >= 11 is 0. The van der Waals surface area contributed by atoms with E-state index in [-0.39, 0.29) is 24.5 Å². The van der Waals surface area contributed by atoms with Gasteiger partial charge in [-0.1, -0.05) is 30.4 Å². The topological polar surface area (TPSA) is 76.7 Å². The number of carbonyl (C=O) groups is 2. The SMILES string of the molecule is O=C(CC1C=CCC1)Nc1ccccc1C(=O)NCc1ccc2c(c1)OCO2. The largest absolute Gasteiger partial charge is 0.454 e. The Kier molecular flexibility index (Phi) is 5.28. The first-order valence-electron chi connectivity index (χ1n) is 9.41. The number of carbonyl (C=O) groups excluding carboxylic acids is 2. The number of anilines is 1. The number of amides is 2. The van der Waals surface area contributed by atoms with Gasteiger partial charge in [0.05, 0.1) is 11.3 Å². The van der Waals surface area contributed by atoms with E-state index in [0.717, 1.165) is 18.4 Å². The molecule has 1 aliphatic carbocycles. The molecule has 2 amide bonds. The molecule has 1 atom stereocenters. The summed E-state index contributed by atoms with van der Waals surface area (Å²) in [6.07, 6.45) is 6.66. The summed E-state index contributed by atoms with van der Waals surface area (Å²) in [5.41, 5.74) is 1.88. The van der Waals surface area contributed by atoms with Crippen LogP contribution in [0.2, 0.25) is 0 Å². The van der Waals surface area contributed by atoms with Crippen LogP contribution in [0.15, 0.2) is 54.6 Å². The lowest BCUT2D eigenvalue weighted by molar-refractivity contribution is -0.116. The van der Waals surface area contributed by atoms with Gasteiger partial charge in [0.15, 0.2) is 11.5 Å². The predicted octanol–water partition coefficient (Wildman–Crippen LogP) is 3.64. The lowest BCUT2D eigenvalue weighted by Crippen LogP contribution is -2.25. The van der Waals surface area contributed by atoms with Gasteiger partial charge in [-0.2, -0.15) is 0 Å². The molecule has 2 N–H and O–H groups in total. The van der Waals surface area contributed by atoms with Gasteiger partial charge in [0.1, 0.15) is 0 Å². The van der Waals surface area contributed by atoms with E-state index in [4.69, 9.17) is 9.47 Å². The molecule has 1 aliphatic heterocycles. The molecule has 0 fully saturated rings. The number of ether oxygens (including phenoxy) is 2. The minimum atomic E-state index is -0.241. The highest BCUT2D eigenvalue weighted by molar-refractivity contribution is 6.03. The summed E-state index contributed by atoms with van der Waals surface area (Å²) < 4.78 is 10.7. The third kappa shape index (κ3) is 4.17. The molecule has 0 radical (unpaired) electrons. The second kappa shape index (κ2) is 8.17. The van der Waals surface area contributed by atoms with Crippen LogP contribution in [0, 0.1) is 5.92 Å². The van der Waals surface area contributed by atoms with Gasteiger partial charge in [-0.15, -0.1) is 0 Å². The minimum Gasteiger partial charge on any atom is -0.454 e. The van der Waals surface area contributed by atoms with Crippen LogP contribution in [-0.4, -0.2) is 18.6 Å². The quantitative estimate of drug-likeness (QED) is 0.753. The Balaban J connectivity index is 1.38. The first-order chi connectivity index (χ1) is 13.7. The Morgan fingerprint density at radius 3 is 2.79 bits per heavy atom. The highest BCUT2D eigenvalue weighted by Crippen LogP contribution is 2.32. The Morgan fingerprint density at radius 1 is 1.07 bits per heavy atom. The summed E-state index contributed by atoms with van der Waals surface area (Å²) in [4.78, 5) is 25.0. The van der Waals surface area contributed by atoms with Crippen molar-refractivity contribution in [3.05, 3.63) is 65.7 Å². The Labute approximate surface area is 163 Å². The Bertz CT molecular complexity index is 923. The third-order valence-corrected chi connectivity index (χ3v) is 4.90. The van der Waals surface area contributed by atoms with Crippen LogP contribution >= 0.6 is 0 Å². The second-order valence-electron chi connectivity index (χ2n) is 6.93. The first-order valence-corrected chi connectivity index (χ1v) is 9.41. The molecule has 6 nitrogen and oxygen atoms in total. The summed E-state index contributed by atoms with van der Waals surface area (Å²) in [5, 5.41) is 5.78. The van der Waals surface area contributed by atoms with Crippen LogP contribution < -0.4 is 20.1 Å². The van der Waals surface area contributed by atoms with Gasteiger partial charge in [-0.05, 0) is 48.6 Å². The van der Waals surface area contributed by atoms with Crippen molar-refractivity contribution in [3.63, 3.8) is 0 Å². The molecule has 1 unspecified atom stereocenters. The van der Waals surface area contributed by atoms with Gasteiger partial charge in [0.25, 0.3) is 5.91 Å². The molecule has 0 bridgehead atoms. The second-order valence-corrected chi connectivity index (χ2v) is 6.93. The average molecular weight is 378 g/mol. The highest BCUT2D eigenvalue weighted by Gasteiger charge is 2.18. The number of hydrogen-bond acceptors (Lipinski definition) is 4. The van der Waals surface area contributed by atoms with Crippen LogP contribution in [0.4, 0.5) is 5.69 Å². The molecule has 4 rings (SSSR count). The predicted molar refractivity (Wildman–Crippen MR) is 105 cm³/mol. The molecule has 0 saturated heterocycles. The third-order valence-electron chi connectivity index (χ3n) is 4.90. The van der Waals surface area contributed by atoms with E-state index in [1.165, 1.54) is 0 Å². The monoisotopic (exact) mass is 378 g/mol. The molecule has 0 aromatic heterocycles. The van der Waals surface area contributed by atoms with Crippen molar-refractivity contribution in [2.75, 3.05) is 12.1 Å². The Morgan fingerprint density at radius 2 is 1.93 bits per heavy atom. The zero-order valence-corrected chi connectivity index (χ0v) is 15.4. The van der Waals surface area contributed by atoms with Crippen LogP contribution in [0.5, 0.6) is 11.5 Å². The molecule has 2 aliphatic rings. The fraction of sp³-hybridized carbons (Fsp3) is 0.273. The molecule has 1 heterocycles. The summed E-state index contributed by atoms with van der Waals surface area (Å²) in [5.74, 6) is 1.36. The first kappa shape index (κ1) is 18.1. The molecular formula is C22H22N2O4. The van der Waals surface area contributed by atoms with E-state index >= 15 is 0 Å². The fourth-order valence-electron chi connectivity index (χ4n) is 3.42. The van der Waals surface area contributed by atoms with Gasteiger partial charge in [0, 0.05) is 13.0 Å². The van der Waals surface area contributed by atoms with Gasteiger partial charge < -0.3 is 20.1 Å². The summed E-state index contributed by atoms with van der Waals surface area (Å²) in [6.45, 7) is 0.569. The van der Waals surface area contributed by atoms with Crippen molar-refractivity contribution in [2.45, 2.75) is 25.8 Å². The molecule has 28 heavy (non-hydrogen) atoms. The van der Waals surface area contributed by atoms with Crippen LogP contribution in [-0.2, 0) is 11.3 Å². The van der Waals surface area contributed by atoms with Crippen molar-refractivity contribution in [2.24, 2.45) is 5.92 Å². The lowest BCUT2D eigenvalue weighted by atomic mass is 10.0. The van der Waals surface area contributed by atoms with E-state index in [1.54, 1.807) is 24.3 Å². The molecule has 144 valence electrons. The number of para-hydroxylation sites is 1. The van der Waals surface area contributed by atoms with Crippen molar-refractivity contribution in [1.29, 1.82) is 0 Å². The number of hydrogen-bond donors (Lipinski definition) is 2. The van der Waals surface area contributed by atoms with Crippen molar-refractivity contribution in [1.82, 2.24) is 5.32 Å². The maximum atomic E-state index is 12.7. The number of rotatable bonds is 6. The molecule has 2 aromatic carbocycles. The maximum absolute atomic E-state index is 12.7. The van der Waals surface area contributed by atoms with Gasteiger partial charge in [0.2, 0.25) is 12.7 Å². The number of fused-ring (bicyclic) bond motifs is 1. The van der Waals surface area contributed by atoms with Crippen molar-refractivity contribution in [3.8, 4) is 11.5 Å². The summed E-state index contributed by atoms with van der Waals surface area (Å²) in [7, 11) is 0. The maximum Gasteiger partial charge on any atom is 0.253 e. The number of benzene rings is 2.